The van der Waals surface area contributed by atoms with Gasteiger partial charge in [0.05, 0.1) is 16.8 Å². The topological polar surface area (TPSA) is 49.0 Å². The second-order valence-corrected chi connectivity index (χ2v) is 7.29. The van der Waals surface area contributed by atoms with Crippen molar-refractivity contribution in [2.75, 3.05) is 6.54 Å². The zero-order valence-corrected chi connectivity index (χ0v) is 15.0. The number of H-pyrrole nitrogens is 1. The van der Waals surface area contributed by atoms with Crippen LogP contribution in [-0.2, 0) is 25.7 Å². The Morgan fingerprint density at radius 2 is 1.96 bits per heavy atom. The number of nitrogens with one attached hydrogen (secondary N) is 1. The molecule has 1 N–H and O–H groups in total. The average molecular weight is 391 g/mol. The van der Waals surface area contributed by atoms with Crippen molar-refractivity contribution >= 4 is 11.3 Å². The van der Waals surface area contributed by atoms with Crippen LogP contribution >= 0.6 is 11.3 Å². The highest BCUT2D eigenvalue weighted by molar-refractivity contribution is 7.07. The minimum Gasteiger partial charge on any atom is -0.306 e. The molecule has 0 saturated carbocycles. The Balaban J connectivity index is 1.58. The van der Waals surface area contributed by atoms with Crippen molar-refractivity contribution in [3.8, 4) is 11.4 Å². The minimum atomic E-state index is -4.39. The summed E-state index contributed by atoms with van der Waals surface area (Å²) in [4.78, 5) is 21.9. The number of aromatic nitrogens is 2. The number of aromatic amines is 1. The molecule has 3 heterocycles. The predicted molar refractivity (Wildman–Crippen MR) is 97.4 cm³/mol. The summed E-state index contributed by atoms with van der Waals surface area (Å²) in [5.41, 5.74) is 2.07. The van der Waals surface area contributed by atoms with Gasteiger partial charge in [-0.15, -0.1) is 0 Å². The van der Waals surface area contributed by atoms with E-state index in [1.165, 1.54) is 17.7 Å². The molecular weight excluding hydrogens is 375 g/mol. The Morgan fingerprint density at radius 3 is 2.63 bits per heavy atom. The fourth-order valence-electron chi connectivity index (χ4n) is 3.21. The van der Waals surface area contributed by atoms with E-state index in [9.17, 15) is 18.0 Å². The van der Waals surface area contributed by atoms with Gasteiger partial charge in [-0.1, -0.05) is 12.1 Å². The average Bonchev–Trinajstić information content (AvgIpc) is 3.14. The quantitative estimate of drug-likeness (QED) is 0.732. The molecule has 0 fully saturated rings. The van der Waals surface area contributed by atoms with Crippen LogP contribution in [0.3, 0.4) is 0 Å². The van der Waals surface area contributed by atoms with E-state index in [0.29, 0.717) is 29.9 Å². The van der Waals surface area contributed by atoms with Crippen LogP contribution in [-0.4, -0.2) is 21.4 Å². The molecule has 2 aromatic heterocycles. The molecule has 0 radical (unpaired) electrons. The van der Waals surface area contributed by atoms with Gasteiger partial charge in [0.15, 0.2) is 0 Å². The maximum atomic E-state index is 12.7. The lowest BCUT2D eigenvalue weighted by atomic mass is 10.1. The van der Waals surface area contributed by atoms with Crippen LogP contribution in [0.15, 0.2) is 45.9 Å². The Bertz CT molecular complexity index is 995. The third-order valence-electron chi connectivity index (χ3n) is 4.62. The number of benzene rings is 1. The number of fused-ring (bicyclic) bond motifs is 1. The molecule has 3 aromatic rings. The Hall–Kier alpha value is -2.45. The summed E-state index contributed by atoms with van der Waals surface area (Å²) in [5.74, 6) is 0.304. The van der Waals surface area contributed by atoms with Crippen molar-refractivity contribution in [3.05, 3.63) is 73.8 Å². The van der Waals surface area contributed by atoms with E-state index in [-0.39, 0.29) is 5.56 Å². The van der Waals surface area contributed by atoms with Gasteiger partial charge in [-0.25, -0.2) is 4.98 Å². The summed E-state index contributed by atoms with van der Waals surface area (Å²) in [6.45, 7) is 2.08. The maximum Gasteiger partial charge on any atom is 0.416 e. The van der Waals surface area contributed by atoms with Crippen LogP contribution in [0, 0.1) is 0 Å². The molecule has 0 aliphatic carbocycles. The molecule has 0 unspecified atom stereocenters. The van der Waals surface area contributed by atoms with Crippen LogP contribution < -0.4 is 5.56 Å². The molecule has 1 aliphatic heterocycles. The number of halogens is 3. The summed E-state index contributed by atoms with van der Waals surface area (Å²) in [6, 6.07) is 6.73. The van der Waals surface area contributed by atoms with Crippen LogP contribution in [0.4, 0.5) is 13.2 Å². The fourth-order valence-corrected chi connectivity index (χ4v) is 3.87. The number of hydrogen-bond acceptors (Lipinski definition) is 4. The van der Waals surface area contributed by atoms with E-state index in [0.717, 1.165) is 30.9 Å². The van der Waals surface area contributed by atoms with Crippen LogP contribution in [0.25, 0.3) is 11.4 Å². The van der Waals surface area contributed by atoms with E-state index in [1.807, 2.05) is 5.38 Å². The monoisotopic (exact) mass is 391 g/mol. The highest BCUT2D eigenvalue weighted by Crippen LogP contribution is 2.30. The molecule has 0 atom stereocenters. The molecule has 0 amide bonds. The minimum absolute atomic E-state index is 0.232. The van der Waals surface area contributed by atoms with E-state index < -0.39 is 11.7 Å². The molecule has 0 saturated heterocycles. The molecule has 140 valence electrons. The molecule has 0 bridgehead atoms. The largest absolute Gasteiger partial charge is 0.416 e. The Labute approximate surface area is 157 Å². The normalized spacial score (nSPS) is 14.9. The number of rotatable bonds is 3. The van der Waals surface area contributed by atoms with Gasteiger partial charge in [0.1, 0.15) is 5.82 Å². The van der Waals surface area contributed by atoms with Crippen molar-refractivity contribution in [2.24, 2.45) is 0 Å². The van der Waals surface area contributed by atoms with Gasteiger partial charge in [0.25, 0.3) is 5.56 Å². The molecule has 27 heavy (non-hydrogen) atoms. The summed E-state index contributed by atoms with van der Waals surface area (Å²) in [6.07, 6.45) is -3.75. The van der Waals surface area contributed by atoms with Gasteiger partial charge >= 0.3 is 6.18 Å². The van der Waals surface area contributed by atoms with Crippen LogP contribution in [0.5, 0.6) is 0 Å². The van der Waals surface area contributed by atoms with Crippen LogP contribution in [0.1, 0.15) is 22.4 Å². The number of alkyl halides is 3. The maximum absolute atomic E-state index is 12.7. The molecule has 4 rings (SSSR count). The highest BCUT2D eigenvalue weighted by Gasteiger charge is 2.30. The predicted octanol–water partition coefficient (Wildman–Crippen LogP) is 4.08. The molecule has 1 aromatic carbocycles. The Morgan fingerprint density at radius 1 is 1.19 bits per heavy atom. The second-order valence-electron chi connectivity index (χ2n) is 6.51. The number of nitrogens with zero attached hydrogens (tertiary/aromatic N) is 2. The lowest BCUT2D eigenvalue weighted by molar-refractivity contribution is -0.137. The van der Waals surface area contributed by atoms with Crippen LogP contribution in [0.2, 0.25) is 0 Å². The van der Waals surface area contributed by atoms with Gasteiger partial charge < -0.3 is 4.98 Å². The first-order chi connectivity index (χ1) is 12.9. The SMILES string of the molecule is O=c1[nH]c(-c2ccc(C(F)(F)F)cc2)nc2c1CN(Cc1ccsc1)CC2. The lowest BCUT2D eigenvalue weighted by Gasteiger charge is -2.27. The summed E-state index contributed by atoms with van der Waals surface area (Å²) in [5, 5.41) is 4.11. The van der Waals surface area contributed by atoms with Gasteiger partial charge in [0, 0.05) is 31.6 Å². The Kier molecular flexibility index (Phi) is 4.61. The van der Waals surface area contributed by atoms with Gasteiger partial charge in [-0.3, -0.25) is 9.69 Å². The highest BCUT2D eigenvalue weighted by atomic mass is 32.1. The number of hydrogen-bond donors (Lipinski definition) is 1. The standard InChI is InChI=1S/C19H16F3N3OS/c20-19(21,22)14-3-1-13(2-4-14)17-23-16-5-7-25(9-12-6-8-27-11-12)10-15(16)18(26)24-17/h1-4,6,8,11H,5,7,9-10H2,(H,23,24,26). The second kappa shape index (κ2) is 6.94. The third-order valence-corrected chi connectivity index (χ3v) is 5.35. The van der Waals surface area contributed by atoms with E-state index in [2.05, 4.69) is 26.3 Å². The van der Waals surface area contributed by atoms with Crippen molar-refractivity contribution < 1.29 is 13.2 Å². The van der Waals surface area contributed by atoms with Crippen molar-refractivity contribution in [2.45, 2.75) is 25.7 Å². The molecule has 4 nitrogen and oxygen atoms in total. The molecule has 1 aliphatic rings. The molecule has 0 spiro atoms. The van der Waals surface area contributed by atoms with E-state index in [4.69, 9.17) is 0 Å². The smallest absolute Gasteiger partial charge is 0.306 e. The first-order valence-corrected chi connectivity index (χ1v) is 9.37. The third kappa shape index (κ3) is 3.81. The molecule has 8 heteroatoms. The number of thiophene rings is 1. The van der Waals surface area contributed by atoms with E-state index >= 15 is 0 Å². The fraction of sp³-hybridized carbons (Fsp3) is 0.263. The first kappa shape index (κ1) is 17.9. The van der Waals surface area contributed by atoms with Gasteiger partial charge in [0.2, 0.25) is 0 Å². The zero-order valence-electron chi connectivity index (χ0n) is 14.2. The lowest BCUT2D eigenvalue weighted by Crippen LogP contribution is -2.35. The zero-order chi connectivity index (χ0) is 19.0. The van der Waals surface area contributed by atoms with Crippen molar-refractivity contribution in [1.82, 2.24) is 14.9 Å². The van der Waals surface area contributed by atoms with Gasteiger partial charge in [-0.2, -0.15) is 24.5 Å². The summed E-state index contributed by atoms with van der Waals surface area (Å²) < 4.78 is 38.1. The first-order valence-electron chi connectivity index (χ1n) is 8.43. The molecular formula is C19H16F3N3OS. The van der Waals surface area contributed by atoms with Gasteiger partial charge in [-0.05, 0) is 34.5 Å². The summed E-state index contributed by atoms with van der Waals surface area (Å²) >= 11 is 1.64. The summed E-state index contributed by atoms with van der Waals surface area (Å²) in [7, 11) is 0. The van der Waals surface area contributed by atoms with Crippen molar-refractivity contribution in [1.29, 1.82) is 0 Å². The van der Waals surface area contributed by atoms with Crippen molar-refractivity contribution in [3.63, 3.8) is 0 Å². The van der Waals surface area contributed by atoms with E-state index in [1.54, 1.807) is 11.3 Å².